The molecule has 0 fully saturated rings. The molecule has 0 bridgehead atoms. The zero-order chi connectivity index (χ0) is 14.5. The van der Waals surface area contributed by atoms with Crippen molar-refractivity contribution in [3.05, 3.63) is 55.7 Å². The molecule has 0 amide bonds. The second kappa shape index (κ2) is 7.39. The van der Waals surface area contributed by atoms with E-state index in [9.17, 15) is 0 Å². The van der Waals surface area contributed by atoms with Crippen LogP contribution in [0.3, 0.4) is 0 Å². The molecule has 1 atom stereocenters. The monoisotopic (exact) mass is 351 g/mol. The Kier molecular flexibility index (Phi) is 5.82. The third-order valence-electron chi connectivity index (χ3n) is 3.47. The van der Waals surface area contributed by atoms with Crippen LogP contribution in [0, 0.1) is 13.8 Å². The first-order valence-corrected chi connectivity index (χ1v) is 8.81. The Labute approximate surface area is 134 Å². The number of hydrogen-bond donors (Lipinski definition) is 1. The van der Waals surface area contributed by atoms with Crippen molar-refractivity contribution < 1.29 is 0 Å². The van der Waals surface area contributed by atoms with Crippen LogP contribution in [0.2, 0.25) is 0 Å². The first kappa shape index (κ1) is 15.7. The molecule has 1 heterocycles. The van der Waals surface area contributed by atoms with E-state index in [4.69, 9.17) is 0 Å². The van der Waals surface area contributed by atoms with Crippen LogP contribution >= 0.6 is 27.3 Å². The predicted molar refractivity (Wildman–Crippen MR) is 92.7 cm³/mol. The number of halogens is 1. The molecule has 1 N–H and O–H groups in total. The van der Waals surface area contributed by atoms with Crippen LogP contribution in [0.1, 0.15) is 41.0 Å². The van der Waals surface area contributed by atoms with E-state index in [0.29, 0.717) is 6.04 Å². The van der Waals surface area contributed by atoms with Crippen LogP contribution in [0.25, 0.3) is 0 Å². The molecule has 2 rings (SSSR count). The van der Waals surface area contributed by atoms with E-state index in [1.54, 1.807) is 0 Å². The molecule has 2 aromatic rings. The molecule has 3 heteroatoms. The van der Waals surface area contributed by atoms with E-state index >= 15 is 0 Å². The number of aryl methyl sites for hydroxylation is 2. The van der Waals surface area contributed by atoms with Gasteiger partial charge in [-0.15, -0.1) is 11.3 Å². The van der Waals surface area contributed by atoms with Crippen molar-refractivity contribution in [2.45, 2.75) is 39.7 Å². The quantitative estimate of drug-likeness (QED) is 0.733. The fourth-order valence-electron chi connectivity index (χ4n) is 2.49. The maximum absolute atomic E-state index is 3.70. The van der Waals surface area contributed by atoms with Crippen LogP contribution in [0.4, 0.5) is 0 Å². The summed E-state index contributed by atoms with van der Waals surface area (Å²) in [4.78, 5) is 1.42. The van der Waals surface area contributed by atoms with Gasteiger partial charge in [0.2, 0.25) is 0 Å². The van der Waals surface area contributed by atoms with E-state index < -0.39 is 0 Å². The van der Waals surface area contributed by atoms with Gasteiger partial charge in [0.1, 0.15) is 0 Å². The van der Waals surface area contributed by atoms with E-state index in [-0.39, 0.29) is 0 Å². The average molecular weight is 352 g/mol. The summed E-state index contributed by atoms with van der Waals surface area (Å²) in [6.07, 6.45) is 2.22. The highest BCUT2D eigenvalue weighted by Gasteiger charge is 2.15. The first-order valence-electron chi connectivity index (χ1n) is 7.13. The van der Waals surface area contributed by atoms with Gasteiger partial charge in [-0.25, -0.2) is 0 Å². The molecule has 0 saturated carbocycles. The van der Waals surface area contributed by atoms with Gasteiger partial charge in [-0.2, -0.15) is 0 Å². The molecule has 0 spiro atoms. The molecule has 0 aliphatic heterocycles. The summed E-state index contributed by atoms with van der Waals surface area (Å²) < 4.78 is 1.19. The summed E-state index contributed by atoms with van der Waals surface area (Å²) in [5.74, 6) is 0. The first-order chi connectivity index (χ1) is 9.60. The molecule has 1 aromatic heterocycles. The normalized spacial score (nSPS) is 12.6. The van der Waals surface area contributed by atoms with Gasteiger partial charge in [0.15, 0.2) is 0 Å². The fraction of sp³-hybridized carbons (Fsp3) is 0.412. The van der Waals surface area contributed by atoms with Crippen molar-refractivity contribution >= 4 is 27.3 Å². The Morgan fingerprint density at radius 3 is 2.65 bits per heavy atom. The molecule has 0 saturated heterocycles. The fourth-order valence-corrected chi connectivity index (χ4v) is 3.99. The van der Waals surface area contributed by atoms with Gasteiger partial charge in [0.25, 0.3) is 0 Å². The smallest absolute Gasteiger partial charge is 0.0371 e. The summed E-state index contributed by atoms with van der Waals surface area (Å²) in [7, 11) is 0. The average Bonchev–Trinajstić information content (AvgIpc) is 2.80. The second-order valence-corrected chi connectivity index (χ2v) is 7.21. The highest BCUT2D eigenvalue weighted by molar-refractivity contribution is 9.10. The van der Waals surface area contributed by atoms with E-state index in [0.717, 1.165) is 19.4 Å². The third-order valence-corrected chi connectivity index (χ3v) is 5.19. The zero-order valence-electron chi connectivity index (χ0n) is 12.4. The van der Waals surface area contributed by atoms with Crippen LogP contribution in [-0.4, -0.2) is 6.54 Å². The second-order valence-electron chi connectivity index (χ2n) is 5.30. The summed E-state index contributed by atoms with van der Waals surface area (Å²) in [6, 6.07) is 9.41. The van der Waals surface area contributed by atoms with E-state index in [2.05, 4.69) is 71.7 Å². The Balaban J connectivity index is 2.22. The molecule has 1 nitrogen and oxygen atoms in total. The lowest BCUT2D eigenvalue weighted by Gasteiger charge is -2.21. The van der Waals surface area contributed by atoms with Gasteiger partial charge in [-0.3, -0.25) is 0 Å². The van der Waals surface area contributed by atoms with Crippen molar-refractivity contribution in [1.82, 2.24) is 5.32 Å². The highest BCUT2D eigenvalue weighted by Crippen LogP contribution is 2.27. The van der Waals surface area contributed by atoms with Gasteiger partial charge >= 0.3 is 0 Å². The maximum atomic E-state index is 3.70. The Morgan fingerprint density at radius 2 is 2.05 bits per heavy atom. The standard InChI is InChI=1S/C17H22BrNS/c1-4-7-19-17(10-15-9-14(18)11-20-15)16-6-5-12(2)8-13(16)3/h5-6,8-9,11,17,19H,4,7,10H2,1-3H3. The largest absolute Gasteiger partial charge is 0.310 e. The molecule has 0 aliphatic rings. The lowest BCUT2D eigenvalue weighted by molar-refractivity contribution is 0.530. The van der Waals surface area contributed by atoms with E-state index in [1.165, 1.54) is 26.0 Å². The van der Waals surface area contributed by atoms with Crippen LogP contribution in [0.15, 0.2) is 34.1 Å². The Morgan fingerprint density at radius 1 is 1.25 bits per heavy atom. The third kappa shape index (κ3) is 4.18. The van der Waals surface area contributed by atoms with Gasteiger partial charge < -0.3 is 5.32 Å². The minimum atomic E-state index is 0.404. The SMILES string of the molecule is CCCNC(Cc1cc(Br)cs1)c1ccc(C)cc1C. The van der Waals surface area contributed by atoms with Crippen molar-refractivity contribution in [1.29, 1.82) is 0 Å². The highest BCUT2D eigenvalue weighted by atomic mass is 79.9. The summed E-state index contributed by atoms with van der Waals surface area (Å²) in [5.41, 5.74) is 4.14. The number of hydrogen-bond acceptors (Lipinski definition) is 2. The minimum absolute atomic E-state index is 0.404. The van der Waals surface area contributed by atoms with Crippen LogP contribution in [-0.2, 0) is 6.42 Å². The molecule has 20 heavy (non-hydrogen) atoms. The lowest BCUT2D eigenvalue weighted by Crippen LogP contribution is -2.24. The van der Waals surface area contributed by atoms with Crippen LogP contribution < -0.4 is 5.32 Å². The Bertz CT molecular complexity index is 562. The molecular formula is C17H22BrNS. The topological polar surface area (TPSA) is 12.0 Å². The van der Waals surface area contributed by atoms with E-state index in [1.807, 2.05) is 11.3 Å². The number of nitrogens with one attached hydrogen (secondary N) is 1. The van der Waals surface area contributed by atoms with Crippen molar-refractivity contribution in [3.8, 4) is 0 Å². The summed E-state index contributed by atoms with van der Waals surface area (Å²) in [5, 5.41) is 5.86. The van der Waals surface area contributed by atoms with Crippen molar-refractivity contribution in [2.75, 3.05) is 6.54 Å². The van der Waals surface area contributed by atoms with Crippen molar-refractivity contribution in [3.63, 3.8) is 0 Å². The molecular weight excluding hydrogens is 330 g/mol. The van der Waals surface area contributed by atoms with Gasteiger partial charge in [0.05, 0.1) is 0 Å². The molecule has 108 valence electrons. The number of benzene rings is 1. The zero-order valence-corrected chi connectivity index (χ0v) is 14.8. The summed E-state index contributed by atoms with van der Waals surface area (Å²) in [6.45, 7) is 7.65. The van der Waals surface area contributed by atoms with Crippen LogP contribution in [0.5, 0.6) is 0 Å². The summed E-state index contributed by atoms with van der Waals surface area (Å²) >= 11 is 5.37. The predicted octanol–water partition coefficient (Wildman–Crippen LogP) is 5.41. The minimum Gasteiger partial charge on any atom is -0.310 e. The molecule has 1 aromatic carbocycles. The van der Waals surface area contributed by atoms with Gasteiger partial charge in [-0.1, -0.05) is 30.7 Å². The number of rotatable bonds is 6. The van der Waals surface area contributed by atoms with Gasteiger partial charge in [0, 0.05) is 27.2 Å². The lowest BCUT2D eigenvalue weighted by atomic mass is 9.96. The molecule has 0 aliphatic carbocycles. The molecule has 1 unspecified atom stereocenters. The Hall–Kier alpha value is -0.640. The molecule has 0 radical (unpaired) electrons. The van der Waals surface area contributed by atoms with Crippen molar-refractivity contribution in [2.24, 2.45) is 0 Å². The van der Waals surface area contributed by atoms with Gasteiger partial charge in [-0.05, 0) is 59.9 Å². The number of thiophene rings is 1. The maximum Gasteiger partial charge on any atom is 0.0371 e.